The SMILES string of the molecule is COc1ccc(NCc2ccc(F)c(Cl)c2)cc1Br. The molecule has 0 aliphatic heterocycles. The molecule has 1 N–H and O–H groups in total. The molecule has 0 saturated carbocycles. The van der Waals surface area contributed by atoms with Crippen molar-refractivity contribution < 1.29 is 9.13 Å². The van der Waals surface area contributed by atoms with Gasteiger partial charge in [-0.3, -0.25) is 0 Å². The maximum Gasteiger partial charge on any atom is 0.141 e. The number of nitrogens with one attached hydrogen (secondary N) is 1. The second-order valence-corrected chi connectivity index (χ2v) is 5.21. The summed E-state index contributed by atoms with van der Waals surface area (Å²) in [6.45, 7) is 0.568. The minimum atomic E-state index is -0.405. The predicted molar refractivity (Wildman–Crippen MR) is 79.4 cm³/mol. The Morgan fingerprint density at radius 3 is 2.68 bits per heavy atom. The van der Waals surface area contributed by atoms with Crippen LogP contribution in [0.4, 0.5) is 10.1 Å². The summed E-state index contributed by atoms with van der Waals surface area (Å²) in [7, 11) is 1.62. The molecule has 0 bridgehead atoms. The van der Waals surface area contributed by atoms with Crippen molar-refractivity contribution in [2.24, 2.45) is 0 Å². The summed E-state index contributed by atoms with van der Waals surface area (Å²) < 4.78 is 19.1. The Morgan fingerprint density at radius 1 is 1.26 bits per heavy atom. The molecule has 0 spiro atoms. The largest absolute Gasteiger partial charge is 0.496 e. The summed E-state index contributed by atoms with van der Waals surface area (Å²) >= 11 is 9.15. The van der Waals surface area contributed by atoms with Gasteiger partial charge < -0.3 is 10.1 Å². The van der Waals surface area contributed by atoms with Crippen LogP contribution in [0.5, 0.6) is 5.75 Å². The first-order chi connectivity index (χ1) is 9.10. The van der Waals surface area contributed by atoms with Gasteiger partial charge in [0.2, 0.25) is 0 Å². The third kappa shape index (κ3) is 3.61. The molecule has 0 saturated heterocycles. The lowest BCUT2D eigenvalue weighted by Crippen LogP contribution is -2.00. The van der Waals surface area contributed by atoms with Crippen molar-refractivity contribution >= 4 is 33.2 Å². The van der Waals surface area contributed by atoms with E-state index < -0.39 is 5.82 Å². The van der Waals surface area contributed by atoms with Gasteiger partial charge in [0.1, 0.15) is 11.6 Å². The molecule has 0 atom stereocenters. The smallest absolute Gasteiger partial charge is 0.141 e. The third-order valence-corrected chi connectivity index (χ3v) is 3.54. The van der Waals surface area contributed by atoms with Crippen LogP contribution in [0, 0.1) is 5.82 Å². The lowest BCUT2D eigenvalue weighted by molar-refractivity contribution is 0.412. The van der Waals surface area contributed by atoms with Crippen LogP contribution in [-0.4, -0.2) is 7.11 Å². The monoisotopic (exact) mass is 343 g/mol. The van der Waals surface area contributed by atoms with E-state index in [1.807, 2.05) is 18.2 Å². The van der Waals surface area contributed by atoms with E-state index in [0.29, 0.717) is 6.54 Å². The first kappa shape index (κ1) is 14.2. The molecule has 0 aliphatic carbocycles. The van der Waals surface area contributed by atoms with Gasteiger partial charge in [0.15, 0.2) is 0 Å². The van der Waals surface area contributed by atoms with Gasteiger partial charge in [-0.1, -0.05) is 17.7 Å². The van der Waals surface area contributed by atoms with Gasteiger partial charge in [0.05, 0.1) is 16.6 Å². The van der Waals surface area contributed by atoms with Gasteiger partial charge in [0.25, 0.3) is 0 Å². The van der Waals surface area contributed by atoms with Crippen LogP contribution >= 0.6 is 27.5 Å². The van der Waals surface area contributed by atoms with Crippen LogP contribution in [0.25, 0.3) is 0 Å². The zero-order chi connectivity index (χ0) is 13.8. The van der Waals surface area contributed by atoms with Gasteiger partial charge in [-0.15, -0.1) is 0 Å². The maximum absolute atomic E-state index is 13.0. The van der Waals surface area contributed by atoms with E-state index in [1.165, 1.54) is 6.07 Å². The van der Waals surface area contributed by atoms with Gasteiger partial charge in [-0.2, -0.15) is 0 Å². The number of hydrogen-bond acceptors (Lipinski definition) is 2. The molecule has 0 aromatic heterocycles. The average Bonchev–Trinajstić information content (AvgIpc) is 2.40. The Bertz CT molecular complexity index is 592. The number of benzene rings is 2. The highest BCUT2D eigenvalue weighted by Gasteiger charge is 2.03. The molecule has 5 heteroatoms. The number of hydrogen-bond donors (Lipinski definition) is 1. The van der Waals surface area contributed by atoms with E-state index in [9.17, 15) is 4.39 Å². The van der Waals surface area contributed by atoms with Crippen molar-refractivity contribution in [1.29, 1.82) is 0 Å². The van der Waals surface area contributed by atoms with E-state index in [1.54, 1.807) is 19.2 Å². The van der Waals surface area contributed by atoms with Crippen molar-refractivity contribution in [3.63, 3.8) is 0 Å². The van der Waals surface area contributed by atoms with Crippen LogP contribution in [0.2, 0.25) is 5.02 Å². The average molecular weight is 345 g/mol. The lowest BCUT2D eigenvalue weighted by Gasteiger charge is -2.09. The minimum Gasteiger partial charge on any atom is -0.496 e. The summed E-state index contributed by atoms with van der Waals surface area (Å²) in [5.41, 5.74) is 1.85. The van der Waals surface area contributed by atoms with Crippen LogP contribution in [0.1, 0.15) is 5.56 Å². The zero-order valence-electron chi connectivity index (χ0n) is 10.2. The predicted octanol–water partition coefficient (Wildman–Crippen LogP) is 4.86. The van der Waals surface area contributed by atoms with Crippen LogP contribution in [0.15, 0.2) is 40.9 Å². The Balaban J connectivity index is 2.05. The molecule has 2 aromatic carbocycles. The molecule has 100 valence electrons. The number of anilines is 1. The second-order valence-electron chi connectivity index (χ2n) is 3.95. The van der Waals surface area contributed by atoms with Gasteiger partial charge >= 0.3 is 0 Å². The topological polar surface area (TPSA) is 21.3 Å². The number of halogens is 3. The highest BCUT2D eigenvalue weighted by molar-refractivity contribution is 9.10. The number of rotatable bonds is 4. The molecule has 0 aliphatic rings. The van der Waals surface area contributed by atoms with Crippen LogP contribution < -0.4 is 10.1 Å². The van der Waals surface area contributed by atoms with Crippen molar-refractivity contribution in [3.8, 4) is 5.75 Å². The summed E-state index contributed by atoms with van der Waals surface area (Å²) in [5.74, 6) is 0.369. The van der Waals surface area contributed by atoms with Crippen LogP contribution in [-0.2, 0) is 6.54 Å². The molecule has 2 aromatic rings. The maximum atomic E-state index is 13.0. The molecule has 19 heavy (non-hydrogen) atoms. The lowest BCUT2D eigenvalue weighted by atomic mass is 10.2. The molecule has 0 heterocycles. The summed E-state index contributed by atoms with van der Waals surface area (Å²) in [6.07, 6.45) is 0. The summed E-state index contributed by atoms with van der Waals surface area (Å²) in [4.78, 5) is 0. The van der Waals surface area contributed by atoms with Gasteiger partial charge in [-0.25, -0.2) is 4.39 Å². The van der Waals surface area contributed by atoms with Crippen molar-refractivity contribution in [1.82, 2.24) is 0 Å². The highest BCUT2D eigenvalue weighted by atomic mass is 79.9. The Labute approximate surface area is 124 Å². The minimum absolute atomic E-state index is 0.134. The fourth-order valence-electron chi connectivity index (χ4n) is 1.63. The van der Waals surface area contributed by atoms with E-state index in [0.717, 1.165) is 21.5 Å². The molecular formula is C14H12BrClFNO. The van der Waals surface area contributed by atoms with E-state index in [4.69, 9.17) is 16.3 Å². The van der Waals surface area contributed by atoms with E-state index in [2.05, 4.69) is 21.2 Å². The van der Waals surface area contributed by atoms with Crippen molar-refractivity contribution in [3.05, 3.63) is 57.3 Å². The van der Waals surface area contributed by atoms with Gasteiger partial charge in [-0.05, 0) is 51.8 Å². The van der Waals surface area contributed by atoms with Gasteiger partial charge in [0, 0.05) is 12.2 Å². The van der Waals surface area contributed by atoms with Crippen LogP contribution in [0.3, 0.4) is 0 Å². The Hall–Kier alpha value is -1.26. The summed E-state index contributed by atoms with van der Waals surface area (Å²) in [6, 6.07) is 10.4. The quantitative estimate of drug-likeness (QED) is 0.855. The number of ether oxygens (including phenoxy) is 1. The second kappa shape index (κ2) is 6.26. The molecule has 2 rings (SSSR count). The van der Waals surface area contributed by atoms with E-state index in [-0.39, 0.29) is 5.02 Å². The van der Waals surface area contributed by atoms with E-state index >= 15 is 0 Å². The normalized spacial score (nSPS) is 10.3. The Kier molecular flexibility index (Phi) is 4.66. The molecule has 0 fully saturated rings. The first-order valence-corrected chi connectivity index (χ1v) is 6.78. The first-order valence-electron chi connectivity index (χ1n) is 5.61. The fraction of sp³-hybridized carbons (Fsp3) is 0.143. The van der Waals surface area contributed by atoms with Crippen molar-refractivity contribution in [2.45, 2.75) is 6.54 Å². The van der Waals surface area contributed by atoms with Crippen molar-refractivity contribution in [2.75, 3.05) is 12.4 Å². The fourth-order valence-corrected chi connectivity index (χ4v) is 2.37. The molecule has 2 nitrogen and oxygen atoms in total. The Morgan fingerprint density at radius 2 is 2.05 bits per heavy atom. The summed E-state index contributed by atoms with van der Waals surface area (Å²) in [5, 5.41) is 3.37. The molecule has 0 amide bonds. The molecular weight excluding hydrogens is 333 g/mol. The highest BCUT2D eigenvalue weighted by Crippen LogP contribution is 2.28. The zero-order valence-corrected chi connectivity index (χ0v) is 12.6. The molecule has 0 unspecified atom stereocenters. The standard InChI is InChI=1S/C14H12BrClFNO/c1-19-14-5-3-10(7-11(14)15)18-8-9-2-4-13(17)12(16)6-9/h2-7,18H,8H2,1H3. The molecule has 0 radical (unpaired) electrons. The number of methoxy groups -OCH3 is 1. The third-order valence-electron chi connectivity index (χ3n) is 2.63.